The average molecular weight is 500 g/mol. The number of benzene rings is 3. The van der Waals surface area contributed by atoms with Gasteiger partial charge in [-0.2, -0.15) is 0 Å². The molecule has 10 heteroatoms. The van der Waals surface area contributed by atoms with Gasteiger partial charge >= 0.3 is 0 Å². The number of hydrogen-bond acceptors (Lipinski definition) is 6. The summed E-state index contributed by atoms with van der Waals surface area (Å²) in [6.07, 6.45) is 2.99. The minimum atomic E-state index is -4.06. The Labute approximate surface area is 199 Å². The lowest BCUT2D eigenvalue weighted by Gasteiger charge is -2.15. The van der Waals surface area contributed by atoms with Crippen LogP contribution in [0.3, 0.4) is 0 Å². The molecular formula is C24H25N3O5S2. The normalized spacial score (nSPS) is 16.0. The molecule has 0 saturated heterocycles. The Kier molecular flexibility index (Phi) is 6.61. The van der Waals surface area contributed by atoms with Gasteiger partial charge < -0.3 is 10.1 Å². The van der Waals surface area contributed by atoms with Crippen LogP contribution in [-0.4, -0.2) is 23.4 Å². The molecule has 3 aromatic carbocycles. The molecule has 1 aliphatic heterocycles. The smallest absolute Gasteiger partial charge is 0.238 e. The molecule has 0 spiro atoms. The summed E-state index contributed by atoms with van der Waals surface area (Å²) in [4.78, 5) is -0.189. The van der Waals surface area contributed by atoms with Crippen molar-refractivity contribution < 1.29 is 21.6 Å². The number of primary sulfonamides is 2. The molecule has 178 valence electrons. The minimum absolute atomic E-state index is 0.0597. The van der Waals surface area contributed by atoms with Gasteiger partial charge in [-0.15, -0.1) is 0 Å². The lowest BCUT2D eigenvalue weighted by atomic mass is 9.97. The second kappa shape index (κ2) is 9.32. The summed E-state index contributed by atoms with van der Waals surface area (Å²) in [5.74, 6) is 0.364. The molecule has 1 atom stereocenters. The number of hydrogen-bond donors (Lipinski definition) is 3. The first kappa shape index (κ1) is 24.1. The van der Waals surface area contributed by atoms with Crippen molar-refractivity contribution >= 4 is 32.2 Å². The highest BCUT2D eigenvalue weighted by Gasteiger charge is 2.25. The summed E-state index contributed by atoms with van der Waals surface area (Å²) in [6.45, 7) is 2.83. The van der Waals surface area contributed by atoms with E-state index >= 15 is 0 Å². The van der Waals surface area contributed by atoms with Crippen LogP contribution in [0, 0.1) is 0 Å². The summed E-state index contributed by atoms with van der Waals surface area (Å²) in [6, 6.07) is 17.3. The van der Waals surface area contributed by atoms with Gasteiger partial charge in [-0.05, 0) is 52.9 Å². The predicted octanol–water partition coefficient (Wildman–Crippen LogP) is 2.74. The summed E-state index contributed by atoms with van der Waals surface area (Å²) in [5, 5.41) is 14.3. The highest BCUT2D eigenvalue weighted by Crippen LogP contribution is 2.33. The fourth-order valence-electron chi connectivity index (χ4n) is 4.05. The van der Waals surface area contributed by atoms with Crippen molar-refractivity contribution in [3.63, 3.8) is 0 Å². The Bertz CT molecular complexity index is 1480. The fraction of sp³-hybridized carbons (Fsp3) is 0.167. The molecule has 1 unspecified atom stereocenters. The van der Waals surface area contributed by atoms with E-state index in [0.717, 1.165) is 16.7 Å². The first-order valence-corrected chi connectivity index (χ1v) is 13.6. The van der Waals surface area contributed by atoms with Gasteiger partial charge in [-0.3, -0.25) is 0 Å². The zero-order chi connectivity index (χ0) is 24.5. The molecule has 34 heavy (non-hydrogen) atoms. The Morgan fingerprint density at radius 3 is 2.18 bits per heavy atom. The highest BCUT2D eigenvalue weighted by molar-refractivity contribution is 7.89. The van der Waals surface area contributed by atoms with E-state index in [9.17, 15) is 16.8 Å². The maximum Gasteiger partial charge on any atom is 0.238 e. The standard InChI is InChI=1S/C24H25N3O5S2/c1-2-32-20-12-11-17(23(14-20)34(26,30)31)8-7-16-9-10-18(13-22(16)33(25,28)29)24-21-6-4-3-5-19(21)15-27-24/h3-14,24,27H,2,15H2,1H3,(H2,25,28,29)(H2,26,30,31)/b8-7+. The van der Waals surface area contributed by atoms with Gasteiger partial charge in [0.15, 0.2) is 0 Å². The first-order chi connectivity index (χ1) is 16.1. The van der Waals surface area contributed by atoms with Gasteiger partial charge in [0.2, 0.25) is 20.0 Å². The molecular weight excluding hydrogens is 474 g/mol. The molecule has 8 nitrogen and oxygen atoms in total. The average Bonchev–Trinajstić information content (AvgIpc) is 3.21. The lowest BCUT2D eigenvalue weighted by Crippen LogP contribution is -2.17. The maximum atomic E-state index is 12.4. The van der Waals surface area contributed by atoms with Crippen LogP contribution in [0.15, 0.2) is 70.5 Å². The van der Waals surface area contributed by atoms with E-state index in [1.54, 1.807) is 31.2 Å². The largest absolute Gasteiger partial charge is 0.494 e. The molecule has 0 bridgehead atoms. The van der Waals surface area contributed by atoms with Crippen molar-refractivity contribution in [1.82, 2.24) is 5.32 Å². The van der Waals surface area contributed by atoms with Crippen LogP contribution in [0.2, 0.25) is 0 Å². The summed E-state index contributed by atoms with van der Waals surface area (Å²) in [7, 11) is -8.11. The van der Waals surface area contributed by atoms with Gasteiger partial charge in [0.25, 0.3) is 0 Å². The number of sulfonamides is 2. The van der Waals surface area contributed by atoms with Gasteiger partial charge in [0, 0.05) is 12.6 Å². The highest BCUT2D eigenvalue weighted by atomic mass is 32.2. The third kappa shape index (κ3) is 5.06. The molecule has 3 aromatic rings. The molecule has 1 heterocycles. The Hall–Kier alpha value is -3.02. The van der Waals surface area contributed by atoms with Crippen LogP contribution in [0.25, 0.3) is 12.2 Å². The molecule has 0 saturated carbocycles. The van der Waals surface area contributed by atoms with E-state index in [2.05, 4.69) is 5.32 Å². The first-order valence-electron chi connectivity index (χ1n) is 10.5. The molecule has 0 fully saturated rings. The Morgan fingerprint density at radius 1 is 0.912 bits per heavy atom. The molecule has 0 aromatic heterocycles. The number of nitrogens with two attached hydrogens (primary N) is 2. The van der Waals surface area contributed by atoms with Crippen molar-refractivity contribution in [2.75, 3.05) is 6.61 Å². The monoisotopic (exact) mass is 499 g/mol. The molecule has 1 aliphatic rings. The zero-order valence-electron chi connectivity index (χ0n) is 18.4. The second-order valence-corrected chi connectivity index (χ2v) is 10.9. The van der Waals surface area contributed by atoms with Crippen molar-refractivity contribution in [2.24, 2.45) is 10.3 Å². The van der Waals surface area contributed by atoms with Crippen molar-refractivity contribution in [1.29, 1.82) is 0 Å². The Balaban J connectivity index is 1.75. The zero-order valence-corrected chi connectivity index (χ0v) is 20.1. The van der Waals surface area contributed by atoms with Gasteiger partial charge in [0.1, 0.15) is 5.75 Å². The quantitative estimate of drug-likeness (QED) is 0.427. The Morgan fingerprint density at radius 2 is 1.53 bits per heavy atom. The summed E-state index contributed by atoms with van der Waals surface area (Å²) in [5.41, 5.74) is 3.61. The molecule has 0 aliphatic carbocycles. The van der Waals surface area contributed by atoms with Gasteiger partial charge in [-0.25, -0.2) is 27.1 Å². The van der Waals surface area contributed by atoms with Gasteiger partial charge in [-0.1, -0.05) is 48.6 Å². The van der Waals surface area contributed by atoms with E-state index in [-0.39, 0.29) is 15.8 Å². The van der Waals surface area contributed by atoms with Crippen LogP contribution in [0.4, 0.5) is 0 Å². The number of fused-ring (bicyclic) bond motifs is 1. The third-order valence-electron chi connectivity index (χ3n) is 5.59. The summed E-state index contributed by atoms with van der Waals surface area (Å²) >= 11 is 0. The van der Waals surface area contributed by atoms with E-state index in [1.165, 1.54) is 18.2 Å². The van der Waals surface area contributed by atoms with Crippen LogP contribution in [-0.2, 0) is 26.6 Å². The molecule has 5 N–H and O–H groups in total. The van der Waals surface area contributed by atoms with Gasteiger partial charge in [0.05, 0.1) is 22.4 Å². The SMILES string of the molecule is CCOc1ccc(/C=C/c2ccc(C3NCc4ccccc43)cc2S(N)(=O)=O)c(S(N)(=O)=O)c1. The van der Waals surface area contributed by atoms with Crippen LogP contribution < -0.4 is 20.3 Å². The van der Waals surface area contributed by atoms with Crippen molar-refractivity contribution in [3.05, 3.63) is 88.5 Å². The lowest BCUT2D eigenvalue weighted by molar-refractivity contribution is 0.339. The number of rotatable bonds is 7. The minimum Gasteiger partial charge on any atom is -0.494 e. The second-order valence-electron chi connectivity index (χ2n) is 7.87. The molecule has 4 rings (SSSR count). The van der Waals surface area contributed by atoms with E-state index in [0.29, 0.717) is 30.0 Å². The predicted molar refractivity (Wildman–Crippen MR) is 131 cm³/mol. The topological polar surface area (TPSA) is 142 Å². The fourth-order valence-corrected chi connectivity index (χ4v) is 5.56. The third-order valence-corrected chi connectivity index (χ3v) is 7.52. The van der Waals surface area contributed by atoms with Crippen LogP contribution in [0.1, 0.15) is 40.8 Å². The van der Waals surface area contributed by atoms with E-state index in [1.807, 2.05) is 30.3 Å². The van der Waals surface area contributed by atoms with Crippen LogP contribution >= 0.6 is 0 Å². The molecule has 0 radical (unpaired) electrons. The summed E-state index contributed by atoms with van der Waals surface area (Å²) < 4.78 is 54.4. The van der Waals surface area contributed by atoms with E-state index < -0.39 is 20.0 Å². The van der Waals surface area contributed by atoms with E-state index in [4.69, 9.17) is 15.0 Å². The van der Waals surface area contributed by atoms with Crippen molar-refractivity contribution in [3.8, 4) is 5.75 Å². The van der Waals surface area contributed by atoms with Crippen molar-refractivity contribution in [2.45, 2.75) is 29.3 Å². The molecule has 0 amide bonds. The number of ether oxygens (including phenoxy) is 1. The maximum absolute atomic E-state index is 12.4. The van der Waals surface area contributed by atoms with Crippen LogP contribution in [0.5, 0.6) is 5.75 Å². The number of nitrogens with one attached hydrogen (secondary N) is 1.